The molecule has 0 aliphatic carbocycles. The van der Waals surface area contributed by atoms with Gasteiger partial charge in [0, 0.05) is 18.5 Å². The van der Waals surface area contributed by atoms with Crippen LogP contribution in [0.2, 0.25) is 0 Å². The van der Waals surface area contributed by atoms with Crippen LogP contribution in [0.25, 0.3) is 0 Å². The topological polar surface area (TPSA) is 70.7 Å². The Balaban J connectivity index is 1.41. The van der Waals surface area contributed by atoms with E-state index < -0.39 is 0 Å². The molecule has 2 saturated heterocycles. The molecule has 2 atom stereocenters. The molecule has 6 nitrogen and oxygen atoms in total. The normalized spacial score (nSPS) is 24.0. The van der Waals surface area contributed by atoms with Crippen LogP contribution in [0, 0.1) is 0 Å². The molecule has 1 aromatic carbocycles. The molecule has 0 aromatic heterocycles. The highest BCUT2D eigenvalue weighted by Crippen LogP contribution is 2.19. The number of amides is 2. The van der Waals surface area contributed by atoms with Crippen LogP contribution in [0.15, 0.2) is 30.3 Å². The number of para-hydroxylation sites is 1. The van der Waals surface area contributed by atoms with Crippen LogP contribution in [0.5, 0.6) is 0 Å². The standard InChI is InChI=1S/C19H27N3O3/c23-18(20-15-7-3-1-4-8-15)9-10-19(24)21-16-13-25-14-17(16)22-11-5-2-6-12-22/h1,3-4,7-8,16-17H,2,5-6,9-14H2,(H,20,23)(H,21,24)/t16-,17-/m1/s1. The predicted molar refractivity (Wildman–Crippen MR) is 96.3 cm³/mol. The second kappa shape index (κ2) is 8.97. The van der Waals surface area contributed by atoms with Crippen molar-refractivity contribution >= 4 is 17.5 Å². The largest absolute Gasteiger partial charge is 0.378 e. The summed E-state index contributed by atoms with van der Waals surface area (Å²) in [5.41, 5.74) is 0.752. The number of nitrogens with zero attached hydrogens (tertiary/aromatic N) is 1. The van der Waals surface area contributed by atoms with Gasteiger partial charge in [-0.05, 0) is 38.1 Å². The van der Waals surface area contributed by atoms with Crippen LogP contribution < -0.4 is 10.6 Å². The van der Waals surface area contributed by atoms with Gasteiger partial charge in [0.15, 0.2) is 0 Å². The summed E-state index contributed by atoms with van der Waals surface area (Å²) < 4.78 is 5.59. The molecule has 25 heavy (non-hydrogen) atoms. The number of benzene rings is 1. The maximum Gasteiger partial charge on any atom is 0.224 e. The second-order valence-corrected chi connectivity index (χ2v) is 6.79. The molecule has 0 radical (unpaired) electrons. The number of nitrogens with one attached hydrogen (secondary N) is 2. The maximum absolute atomic E-state index is 12.2. The molecule has 136 valence electrons. The zero-order chi connectivity index (χ0) is 17.5. The lowest BCUT2D eigenvalue weighted by Crippen LogP contribution is -2.52. The number of rotatable bonds is 6. The molecule has 0 spiro atoms. The Bertz CT molecular complexity index is 573. The third-order valence-corrected chi connectivity index (χ3v) is 4.89. The summed E-state index contributed by atoms with van der Waals surface area (Å²) in [5.74, 6) is -0.225. The number of likely N-dealkylation sites (tertiary alicyclic amines) is 1. The monoisotopic (exact) mass is 345 g/mol. The minimum absolute atomic E-state index is 0.0304. The van der Waals surface area contributed by atoms with Crippen LogP contribution in [0.4, 0.5) is 5.69 Å². The molecule has 3 rings (SSSR count). The molecule has 2 amide bonds. The van der Waals surface area contributed by atoms with Crippen molar-refractivity contribution in [2.24, 2.45) is 0 Å². The zero-order valence-electron chi connectivity index (χ0n) is 14.6. The number of hydrogen-bond donors (Lipinski definition) is 2. The Labute approximate surface area is 148 Å². The van der Waals surface area contributed by atoms with Crippen molar-refractivity contribution in [1.82, 2.24) is 10.2 Å². The quantitative estimate of drug-likeness (QED) is 0.824. The van der Waals surface area contributed by atoms with Gasteiger partial charge in [-0.2, -0.15) is 0 Å². The van der Waals surface area contributed by atoms with Gasteiger partial charge in [0.25, 0.3) is 0 Å². The van der Waals surface area contributed by atoms with Crippen LogP contribution in [-0.4, -0.2) is 55.1 Å². The number of ether oxygens (including phenoxy) is 1. The minimum Gasteiger partial charge on any atom is -0.378 e. The molecule has 0 unspecified atom stereocenters. The zero-order valence-corrected chi connectivity index (χ0v) is 14.6. The van der Waals surface area contributed by atoms with E-state index in [2.05, 4.69) is 15.5 Å². The van der Waals surface area contributed by atoms with Gasteiger partial charge < -0.3 is 15.4 Å². The van der Waals surface area contributed by atoms with Gasteiger partial charge in [-0.3, -0.25) is 14.5 Å². The number of anilines is 1. The van der Waals surface area contributed by atoms with Crippen molar-refractivity contribution < 1.29 is 14.3 Å². The highest BCUT2D eigenvalue weighted by Gasteiger charge is 2.34. The maximum atomic E-state index is 12.2. The number of carbonyl (C=O) groups is 2. The van der Waals surface area contributed by atoms with E-state index in [1.807, 2.05) is 30.3 Å². The first-order valence-electron chi connectivity index (χ1n) is 9.18. The van der Waals surface area contributed by atoms with Gasteiger partial charge in [-0.1, -0.05) is 24.6 Å². The summed E-state index contributed by atoms with van der Waals surface area (Å²) in [6.45, 7) is 3.41. The van der Waals surface area contributed by atoms with Gasteiger partial charge >= 0.3 is 0 Å². The van der Waals surface area contributed by atoms with Crippen molar-refractivity contribution in [3.05, 3.63) is 30.3 Å². The lowest BCUT2D eigenvalue weighted by molar-refractivity contribution is -0.125. The predicted octanol–water partition coefficient (Wildman–Crippen LogP) is 1.77. The fraction of sp³-hybridized carbons (Fsp3) is 0.579. The molecule has 6 heteroatoms. The molecule has 2 aliphatic rings. The Hall–Kier alpha value is -1.92. The van der Waals surface area contributed by atoms with Crippen molar-refractivity contribution in [3.63, 3.8) is 0 Å². The highest BCUT2D eigenvalue weighted by atomic mass is 16.5. The molecular weight excluding hydrogens is 318 g/mol. The highest BCUT2D eigenvalue weighted by molar-refractivity contribution is 5.93. The van der Waals surface area contributed by atoms with Crippen LogP contribution in [0.3, 0.4) is 0 Å². The van der Waals surface area contributed by atoms with E-state index >= 15 is 0 Å². The molecule has 2 heterocycles. The first-order chi connectivity index (χ1) is 12.2. The van der Waals surface area contributed by atoms with E-state index in [9.17, 15) is 9.59 Å². The Kier molecular flexibility index (Phi) is 6.42. The van der Waals surface area contributed by atoms with E-state index in [1.54, 1.807) is 0 Å². The van der Waals surface area contributed by atoms with E-state index in [-0.39, 0.29) is 36.7 Å². The lowest BCUT2D eigenvalue weighted by Gasteiger charge is -2.34. The summed E-state index contributed by atoms with van der Waals surface area (Å²) in [4.78, 5) is 26.6. The van der Waals surface area contributed by atoms with Gasteiger partial charge in [0.1, 0.15) is 0 Å². The number of piperidine rings is 1. The van der Waals surface area contributed by atoms with Gasteiger partial charge in [-0.25, -0.2) is 0 Å². The first kappa shape index (κ1) is 17.9. The number of carbonyl (C=O) groups excluding carboxylic acids is 2. The van der Waals surface area contributed by atoms with Crippen molar-refractivity contribution in [2.45, 2.75) is 44.2 Å². The fourth-order valence-electron chi connectivity index (χ4n) is 3.54. The lowest BCUT2D eigenvalue weighted by atomic mass is 10.0. The Morgan fingerprint density at radius 2 is 1.72 bits per heavy atom. The summed E-state index contributed by atoms with van der Waals surface area (Å²) in [6, 6.07) is 9.58. The van der Waals surface area contributed by atoms with Crippen LogP contribution in [-0.2, 0) is 14.3 Å². The molecule has 2 fully saturated rings. The van der Waals surface area contributed by atoms with E-state index in [0.29, 0.717) is 13.2 Å². The average Bonchev–Trinajstić information content (AvgIpc) is 3.10. The van der Waals surface area contributed by atoms with Gasteiger partial charge in [0.2, 0.25) is 11.8 Å². The SMILES string of the molecule is O=C(CCC(=O)N[C@@H]1COC[C@H]1N1CCCCC1)Nc1ccccc1. The smallest absolute Gasteiger partial charge is 0.224 e. The van der Waals surface area contributed by atoms with Crippen molar-refractivity contribution in [3.8, 4) is 0 Å². The average molecular weight is 345 g/mol. The third kappa shape index (κ3) is 5.28. The van der Waals surface area contributed by atoms with Crippen LogP contribution >= 0.6 is 0 Å². The summed E-state index contributed by atoms with van der Waals surface area (Å²) >= 11 is 0. The number of hydrogen-bond acceptors (Lipinski definition) is 4. The van der Waals surface area contributed by atoms with Gasteiger partial charge in [0.05, 0.1) is 25.3 Å². The van der Waals surface area contributed by atoms with E-state index in [1.165, 1.54) is 19.3 Å². The molecular formula is C19H27N3O3. The van der Waals surface area contributed by atoms with E-state index in [0.717, 1.165) is 18.8 Å². The van der Waals surface area contributed by atoms with Gasteiger partial charge in [-0.15, -0.1) is 0 Å². The first-order valence-corrected chi connectivity index (χ1v) is 9.18. The molecule has 0 saturated carbocycles. The fourth-order valence-corrected chi connectivity index (χ4v) is 3.54. The Morgan fingerprint density at radius 1 is 1.00 bits per heavy atom. The Morgan fingerprint density at radius 3 is 2.48 bits per heavy atom. The molecule has 2 aliphatic heterocycles. The molecule has 1 aromatic rings. The summed E-state index contributed by atoms with van der Waals surface area (Å²) in [6.07, 6.45) is 4.11. The van der Waals surface area contributed by atoms with Crippen molar-refractivity contribution in [1.29, 1.82) is 0 Å². The summed E-state index contributed by atoms with van der Waals surface area (Å²) in [7, 11) is 0. The van der Waals surface area contributed by atoms with Crippen LogP contribution in [0.1, 0.15) is 32.1 Å². The minimum atomic E-state index is -0.142. The van der Waals surface area contributed by atoms with Crippen molar-refractivity contribution in [2.75, 3.05) is 31.6 Å². The molecule has 2 N–H and O–H groups in total. The summed E-state index contributed by atoms with van der Waals surface area (Å²) in [5, 5.41) is 5.86. The second-order valence-electron chi connectivity index (χ2n) is 6.79. The van der Waals surface area contributed by atoms with E-state index in [4.69, 9.17) is 4.74 Å². The molecule has 0 bridgehead atoms. The third-order valence-electron chi connectivity index (χ3n) is 4.89.